The average molecular weight is 582 g/mol. The molecular weight excluding hydrogens is 559 g/mol. The summed E-state index contributed by atoms with van der Waals surface area (Å²) in [5, 5.41) is 8.89. The lowest BCUT2D eigenvalue weighted by atomic mass is 9.89. The second kappa shape index (κ2) is 10.6. The highest BCUT2D eigenvalue weighted by atomic mass is 79.9. The first-order valence-electron chi connectivity index (χ1n) is 11.7. The van der Waals surface area contributed by atoms with E-state index in [1.807, 2.05) is 43.3 Å². The smallest absolute Gasteiger partial charge is 0.272 e. The van der Waals surface area contributed by atoms with Gasteiger partial charge in [0.25, 0.3) is 5.91 Å². The molecule has 1 atom stereocenters. The van der Waals surface area contributed by atoms with Crippen molar-refractivity contribution in [3.8, 4) is 5.69 Å². The van der Waals surface area contributed by atoms with Gasteiger partial charge in [-0.15, -0.1) is 0 Å². The van der Waals surface area contributed by atoms with E-state index in [1.54, 1.807) is 23.0 Å². The third-order valence-electron chi connectivity index (χ3n) is 6.20. The van der Waals surface area contributed by atoms with E-state index >= 15 is 0 Å². The molecule has 0 fully saturated rings. The van der Waals surface area contributed by atoms with Gasteiger partial charge in [-0.3, -0.25) is 9.78 Å². The van der Waals surface area contributed by atoms with Crippen LogP contribution in [0.5, 0.6) is 0 Å². The van der Waals surface area contributed by atoms with Crippen molar-refractivity contribution in [2.24, 2.45) is 0 Å². The summed E-state index contributed by atoms with van der Waals surface area (Å²) in [6.07, 6.45) is 6.41. The molecule has 4 aromatic rings. The monoisotopic (exact) mass is 580 g/mol. The molecule has 0 unspecified atom stereocenters. The molecule has 36 heavy (non-hydrogen) atoms. The number of aromatic nitrogens is 3. The Labute approximate surface area is 228 Å². The van der Waals surface area contributed by atoms with Gasteiger partial charge in [-0.2, -0.15) is 5.10 Å². The fourth-order valence-electron chi connectivity index (χ4n) is 4.47. The molecule has 1 aliphatic carbocycles. The van der Waals surface area contributed by atoms with E-state index in [2.05, 4.69) is 44.4 Å². The normalized spacial score (nSPS) is 14.9. The van der Waals surface area contributed by atoms with Crippen molar-refractivity contribution in [2.45, 2.75) is 32.2 Å². The van der Waals surface area contributed by atoms with Crippen molar-refractivity contribution >= 4 is 56.7 Å². The Kier molecular flexibility index (Phi) is 7.28. The van der Waals surface area contributed by atoms with Crippen molar-refractivity contribution in [1.29, 1.82) is 0 Å². The van der Waals surface area contributed by atoms with Gasteiger partial charge in [0.05, 0.1) is 28.1 Å². The van der Waals surface area contributed by atoms with Crippen LogP contribution in [0, 0.1) is 0 Å². The highest BCUT2D eigenvalue weighted by molar-refractivity contribution is 9.10. The predicted octanol–water partition coefficient (Wildman–Crippen LogP) is 7.70. The number of hydrogen-bond acceptors (Lipinski definition) is 3. The Morgan fingerprint density at radius 2 is 1.92 bits per heavy atom. The largest absolute Gasteiger partial charge is 0.343 e. The number of benzene rings is 2. The summed E-state index contributed by atoms with van der Waals surface area (Å²) in [6.45, 7) is 1.92. The maximum Gasteiger partial charge on any atom is 0.272 e. The van der Waals surface area contributed by atoms with Crippen LogP contribution in [0.25, 0.3) is 17.3 Å². The van der Waals surface area contributed by atoms with E-state index in [0.717, 1.165) is 51.8 Å². The number of allylic oxidation sites excluding steroid dienone is 1. The van der Waals surface area contributed by atoms with Crippen LogP contribution in [0.15, 0.2) is 71.3 Å². The van der Waals surface area contributed by atoms with Gasteiger partial charge in [-0.25, -0.2) is 4.68 Å². The van der Waals surface area contributed by atoms with E-state index in [-0.39, 0.29) is 11.9 Å². The number of rotatable bonds is 5. The molecule has 2 aromatic carbocycles. The van der Waals surface area contributed by atoms with Crippen LogP contribution in [0.1, 0.15) is 58.8 Å². The number of carbonyl (C=O) groups is 1. The Balaban J connectivity index is 1.61. The number of nitrogens with zero attached hydrogens (tertiary/aromatic N) is 3. The van der Waals surface area contributed by atoms with Gasteiger partial charge in [0.15, 0.2) is 5.69 Å². The van der Waals surface area contributed by atoms with Crippen molar-refractivity contribution in [3.63, 3.8) is 0 Å². The lowest BCUT2D eigenvalue weighted by molar-refractivity contribution is 0.0932. The summed E-state index contributed by atoms with van der Waals surface area (Å²) in [5.41, 5.74) is 5.87. The van der Waals surface area contributed by atoms with Crippen LogP contribution < -0.4 is 5.32 Å². The highest BCUT2D eigenvalue weighted by Crippen LogP contribution is 2.38. The zero-order valence-corrected chi connectivity index (χ0v) is 22.6. The molecule has 1 N–H and O–H groups in total. The molecule has 2 aromatic heterocycles. The maximum atomic E-state index is 13.5. The lowest BCUT2D eigenvalue weighted by Crippen LogP contribution is -2.28. The molecule has 5 nitrogen and oxygen atoms in total. The number of nitrogens with one attached hydrogen (secondary N) is 1. The molecule has 1 aliphatic rings. The molecule has 1 amide bonds. The molecule has 0 spiro atoms. The summed E-state index contributed by atoms with van der Waals surface area (Å²) in [7, 11) is 0. The fraction of sp³-hybridized carbons (Fsp3) is 0.179. The number of amides is 1. The van der Waals surface area contributed by atoms with Crippen LogP contribution in [0.4, 0.5) is 0 Å². The summed E-state index contributed by atoms with van der Waals surface area (Å²) in [6, 6.07) is 18.8. The van der Waals surface area contributed by atoms with E-state index < -0.39 is 0 Å². The summed E-state index contributed by atoms with van der Waals surface area (Å²) < 4.78 is 2.81. The molecule has 0 saturated heterocycles. The van der Waals surface area contributed by atoms with Crippen LogP contribution >= 0.6 is 39.1 Å². The Hall–Kier alpha value is -2.93. The first-order chi connectivity index (χ1) is 17.4. The zero-order valence-electron chi connectivity index (χ0n) is 19.5. The van der Waals surface area contributed by atoms with Crippen LogP contribution in [-0.4, -0.2) is 20.7 Å². The Bertz CT molecular complexity index is 1450. The second-order valence-electron chi connectivity index (χ2n) is 8.71. The highest BCUT2D eigenvalue weighted by Gasteiger charge is 2.29. The SMILES string of the molecule is C[C@@H](NC(=O)c1nn(-c2ccc(Cl)cc2Cl)c2c1CCCC2=Cc1ccc(Br)cc1)c1ccccn1. The topological polar surface area (TPSA) is 59.8 Å². The Morgan fingerprint density at radius 3 is 2.64 bits per heavy atom. The third-order valence-corrected chi connectivity index (χ3v) is 7.27. The number of hydrogen-bond donors (Lipinski definition) is 1. The molecule has 182 valence electrons. The van der Waals surface area contributed by atoms with Gasteiger partial charge in [0.2, 0.25) is 0 Å². The first kappa shape index (κ1) is 24.8. The molecular formula is C28H23BrCl2N4O. The lowest BCUT2D eigenvalue weighted by Gasteiger charge is -2.19. The summed E-state index contributed by atoms with van der Waals surface area (Å²) in [5.74, 6) is -0.238. The van der Waals surface area contributed by atoms with E-state index in [1.165, 1.54) is 0 Å². The van der Waals surface area contributed by atoms with Gasteiger partial charge in [0.1, 0.15) is 0 Å². The standard InChI is InChI=1S/C28H23BrCl2N4O/c1-17(24-7-2-3-14-32-24)33-28(36)26-22-6-4-5-19(15-18-8-10-20(29)11-9-18)27(22)35(34-26)25-13-12-21(30)16-23(25)31/h2-3,7-17H,4-6H2,1H3,(H,33,36)/t17-/m1/s1. The number of fused-ring (bicyclic) bond motifs is 1. The molecule has 2 heterocycles. The molecule has 0 bridgehead atoms. The minimum Gasteiger partial charge on any atom is -0.343 e. The van der Waals surface area contributed by atoms with Crippen molar-refractivity contribution in [2.75, 3.05) is 0 Å². The van der Waals surface area contributed by atoms with Crippen molar-refractivity contribution < 1.29 is 4.79 Å². The molecule has 8 heteroatoms. The van der Waals surface area contributed by atoms with Gasteiger partial charge in [-0.1, -0.05) is 57.3 Å². The van der Waals surface area contributed by atoms with Gasteiger partial charge < -0.3 is 5.32 Å². The van der Waals surface area contributed by atoms with Crippen molar-refractivity contribution in [3.05, 3.63) is 110 Å². The Morgan fingerprint density at radius 1 is 1.11 bits per heavy atom. The number of halogens is 3. The van der Waals surface area contributed by atoms with E-state index in [0.29, 0.717) is 21.4 Å². The summed E-state index contributed by atoms with van der Waals surface area (Å²) in [4.78, 5) is 17.9. The van der Waals surface area contributed by atoms with E-state index in [9.17, 15) is 4.79 Å². The van der Waals surface area contributed by atoms with Crippen molar-refractivity contribution in [1.82, 2.24) is 20.1 Å². The molecule has 5 rings (SSSR count). The minimum absolute atomic E-state index is 0.238. The third kappa shape index (κ3) is 5.12. The minimum atomic E-state index is -0.264. The van der Waals surface area contributed by atoms with E-state index in [4.69, 9.17) is 28.3 Å². The number of carbonyl (C=O) groups excluding carboxylic acids is 1. The molecule has 0 saturated carbocycles. The molecule has 0 aliphatic heterocycles. The maximum absolute atomic E-state index is 13.5. The van der Waals surface area contributed by atoms with Crippen LogP contribution in [-0.2, 0) is 6.42 Å². The number of pyridine rings is 1. The summed E-state index contributed by atoms with van der Waals surface area (Å²) >= 11 is 16.3. The average Bonchev–Trinajstić information content (AvgIpc) is 3.26. The van der Waals surface area contributed by atoms with Gasteiger partial charge >= 0.3 is 0 Å². The second-order valence-corrected chi connectivity index (χ2v) is 10.5. The first-order valence-corrected chi connectivity index (χ1v) is 13.2. The molecule has 0 radical (unpaired) electrons. The predicted molar refractivity (Wildman–Crippen MR) is 149 cm³/mol. The zero-order chi connectivity index (χ0) is 25.2. The van der Waals surface area contributed by atoms with Crippen LogP contribution in [0.3, 0.4) is 0 Å². The fourth-order valence-corrected chi connectivity index (χ4v) is 5.23. The van der Waals surface area contributed by atoms with Crippen LogP contribution in [0.2, 0.25) is 10.0 Å². The van der Waals surface area contributed by atoms with Gasteiger partial charge in [-0.05, 0) is 85.9 Å². The van der Waals surface area contributed by atoms with Gasteiger partial charge in [0, 0.05) is 21.3 Å². The quantitative estimate of drug-likeness (QED) is 0.262.